The van der Waals surface area contributed by atoms with E-state index in [2.05, 4.69) is 11.4 Å². The first kappa shape index (κ1) is 20.9. The fraction of sp³-hybridized carbons (Fsp3) is 0.667. The van der Waals surface area contributed by atoms with E-state index in [1.54, 1.807) is 0 Å². The summed E-state index contributed by atoms with van der Waals surface area (Å²) in [6.45, 7) is 8.41. The Hall–Kier alpha value is -1.43. The topological polar surface area (TPSA) is 67.8 Å². The number of nitrogens with one attached hydrogen (secondary N) is 1. The summed E-state index contributed by atoms with van der Waals surface area (Å²) in [5, 5.41) is 14.3. The van der Waals surface area contributed by atoms with E-state index in [4.69, 9.17) is 9.47 Å². The van der Waals surface area contributed by atoms with Crippen LogP contribution in [0.5, 0.6) is 0 Å². The van der Waals surface area contributed by atoms with Gasteiger partial charge in [-0.3, -0.25) is 4.79 Å². The molecule has 1 fully saturated rings. The molecule has 1 saturated heterocycles. The van der Waals surface area contributed by atoms with Crippen LogP contribution in [0.1, 0.15) is 57.6 Å². The van der Waals surface area contributed by atoms with E-state index in [1.165, 1.54) is 0 Å². The molecule has 1 heterocycles. The van der Waals surface area contributed by atoms with Crippen molar-refractivity contribution in [3.8, 4) is 0 Å². The normalized spacial score (nSPS) is 17.1. The summed E-state index contributed by atoms with van der Waals surface area (Å²) in [4.78, 5) is 11.7. The molecular formula is C21H33NO4. The lowest BCUT2D eigenvalue weighted by Crippen LogP contribution is -2.40. The van der Waals surface area contributed by atoms with Gasteiger partial charge in [0.05, 0.1) is 12.2 Å². The van der Waals surface area contributed by atoms with Crippen molar-refractivity contribution >= 4 is 5.97 Å². The molecule has 0 atom stereocenters. The SMILES string of the molecule is CC(C)(C)OC(=O)CCCOCCc1ccccc1C1(O)CCNCC1. The smallest absolute Gasteiger partial charge is 0.306 e. The Labute approximate surface area is 157 Å². The highest BCUT2D eigenvalue weighted by molar-refractivity contribution is 5.69. The molecule has 1 aliphatic rings. The van der Waals surface area contributed by atoms with Crippen LogP contribution in [0.25, 0.3) is 0 Å². The number of ether oxygens (including phenoxy) is 2. The Bertz CT molecular complexity index is 574. The Balaban J connectivity index is 1.74. The van der Waals surface area contributed by atoms with Gasteiger partial charge in [0.25, 0.3) is 0 Å². The van der Waals surface area contributed by atoms with Gasteiger partial charge >= 0.3 is 5.97 Å². The number of hydrogen-bond donors (Lipinski definition) is 2. The van der Waals surface area contributed by atoms with Crippen LogP contribution in [-0.4, -0.2) is 43.0 Å². The molecule has 2 N–H and O–H groups in total. The van der Waals surface area contributed by atoms with E-state index in [0.29, 0.717) is 26.1 Å². The zero-order valence-electron chi connectivity index (χ0n) is 16.3. The lowest BCUT2D eigenvalue weighted by atomic mass is 9.82. The molecule has 0 spiro atoms. The molecule has 0 amide bonds. The monoisotopic (exact) mass is 363 g/mol. The van der Waals surface area contributed by atoms with Crippen molar-refractivity contribution in [1.29, 1.82) is 0 Å². The van der Waals surface area contributed by atoms with Gasteiger partial charge in [0.2, 0.25) is 0 Å². The molecule has 5 heteroatoms. The lowest BCUT2D eigenvalue weighted by Gasteiger charge is -2.34. The molecule has 5 nitrogen and oxygen atoms in total. The summed E-state index contributed by atoms with van der Waals surface area (Å²) in [6.07, 6.45) is 3.27. The highest BCUT2D eigenvalue weighted by Gasteiger charge is 2.32. The molecule has 0 bridgehead atoms. The van der Waals surface area contributed by atoms with Crippen molar-refractivity contribution in [2.45, 2.75) is 64.1 Å². The van der Waals surface area contributed by atoms with Crippen molar-refractivity contribution in [2.75, 3.05) is 26.3 Å². The van der Waals surface area contributed by atoms with Crippen LogP contribution in [0.4, 0.5) is 0 Å². The first-order valence-corrected chi connectivity index (χ1v) is 9.61. The van der Waals surface area contributed by atoms with Gasteiger partial charge in [-0.15, -0.1) is 0 Å². The van der Waals surface area contributed by atoms with Gasteiger partial charge in [-0.25, -0.2) is 0 Å². The minimum Gasteiger partial charge on any atom is -0.460 e. The van der Waals surface area contributed by atoms with E-state index in [0.717, 1.165) is 43.5 Å². The van der Waals surface area contributed by atoms with Crippen LogP contribution in [-0.2, 0) is 26.3 Å². The maximum Gasteiger partial charge on any atom is 0.306 e. The van der Waals surface area contributed by atoms with Gasteiger partial charge in [-0.05, 0) is 70.7 Å². The van der Waals surface area contributed by atoms with Crippen LogP contribution in [0.2, 0.25) is 0 Å². The zero-order chi connectivity index (χ0) is 19.0. The molecule has 146 valence electrons. The third-order valence-corrected chi connectivity index (χ3v) is 4.55. The third kappa shape index (κ3) is 6.71. The number of benzene rings is 1. The molecule has 0 saturated carbocycles. The second-order valence-corrected chi connectivity index (χ2v) is 7.99. The highest BCUT2D eigenvalue weighted by atomic mass is 16.6. The summed E-state index contributed by atoms with van der Waals surface area (Å²) >= 11 is 0. The average Bonchev–Trinajstić information content (AvgIpc) is 2.57. The second kappa shape index (κ2) is 9.49. The number of rotatable bonds is 8. The molecule has 0 aliphatic carbocycles. The Morgan fingerprint density at radius 1 is 1.19 bits per heavy atom. The third-order valence-electron chi connectivity index (χ3n) is 4.55. The Kier molecular flexibility index (Phi) is 7.62. The maximum atomic E-state index is 11.7. The van der Waals surface area contributed by atoms with Gasteiger partial charge in [-0.2, -0.15) is 0 Å². The van der Waals surface area contributed by atoms with Crippen LogP contribution >= 0.6 is 0 Å². The second-order valence-electron chi connectivity index (χ2n) is 7.99. The summed E-state index contributed by atoms with van der Waals surface area (Å²) in [7, 11) is 0. The van der Waals surface area contributed by atoms with Gasteiger partial charge in [0.1, 0.15) is 5.60 Å². The van der Waals surface area contributed by atoms with Gasteiger partial charge in [0, 0.05) is 13.0 Å². The fourth-order valence-electron chi connectivity index (χ4n) is 3.30. The predicted octanol–water partition coefficient (Wildman–Crippen LogP) is 2.94. The first-order chi connectivity index (χ1) is 12.3. The molecule has 1 aliphatic heterocycles. The van der Waals surface area contributed by atoms with E-state index < -0.39 is 11.2 Å². The van der Waals surface area contributed by atoms with Crippen molar-refractivity contribution in [2.24, 2.45) is 0 Å². The molecule has 0 radical (unpaired) electrons. The summed E-state index contributed by atoms with van der Waals surface area (Å²) in [5.74, 6) is -0.181. The maximum absolute atomic E-state index is 11.7. The van der Waals surface area contributed by atoms with Gasteiger partial charge in [0.15, 0.2) is 0 Å². The number of carbonyl (C=O) groups is 1. The van der Waals surface area contributed by atoms with E-state index in [9.17, 15) is 9.90 Å². The average molecular weight is 363 g/mol. The predicted molar refractivity (Wildman–Crippen MR) is 102 cm³/mol. The fourth-order valence-corrected chi connectivity index (χ4v) is 3.30. The zero-order valence-corrected chi connectivity index (χ0v) is 16.3. The van der Waals surface area contributed by atoms with Gasteiger partial charge in [-0.1, -0.05) is 24.3 Å². The summed E-state index contributed by atoms with van der Waals surface area (Å²) < 4.78 is 11.0. The van der Waals surface area contributed by atoms with Crippen molar-refractivity contribution in [1.82, 2.24) is 5.32 Å². The highest BCUT2D eigenvalue weighted by Crippen LogP contribution is 2.32. The minimum atomic E-state index is -0.738. The number of aliphatic hydroxyl groups is 1. The van der Waals surface area contributed by atoms with Crippen LogP contribution in [0, 0.1) is 0 Å². The van der Waals surface area contributed by atoms with E-state index in [1.807, 2.05) is 39.0 Å². The summed E-state index contributed by atoms with van der Waals surface area (Å²) in [6, 6.07) is 8.09. The quantitative estimate of drug-likeness (QED) is 0.549. The van der Waals surface area contributed by atoms with Crippen molar-refractivity contribution in [3.63, 3.8) is 0 Å². The number of carbonyl (C=O) groups excluding carboxylic acids is 1. The molecule has 1 aromatic carbocycles. The number of piperidine rings is 1. The van der Waals surface area contributed by atoms with Crippen LogP contribution < -0.4 is 5.32 Å². The first-order valence-electron chi connectivity index (χ1n) is 9.61. The minimum absolute atomic E-state index is 0.181. The largest absolute Gasteiger partial charge is 0.460 e. The Morgan fingerprint density at radius 3 is 2.58 bits per heavy atom. The van der Waals surface area contributed by atoms with Crippen molar-refractivity contribution < 1.29 is 19.4 Å². The lowest BCUT2D eigenvalue weighted by molar-refractivity contribution is -0.155. The molecule has 0 aromatic heterocycles. The molecular weight excluding hydrogens is 330 g/mol. The Morgan fingerprint density at radius 2 is 1.88 bits per heavy atom. The van der Waals surface area contributed by atoms with E-state index in [-0.39, 0.29) is 5.97 Å². The van der Waals surface area contributed by atoms with Crippen LogP contribution in [0.15, 0.2) is 24.3 Å². The van der Waals surface area contributed by atoms with Crippen LogP contribution in [0.3, 0.4) is 0 Å². The summed E-state index contributed by atoms with van der Waals surface area (Å²) in [5.41, 5.74) is 0.998. The molecule has 26 heavy (non-hydrogen) atoms. The van der Waals surface area contributed by atoms with E-state index >= 15 is 0 Å². The number of hydrogen-bond acceptors (Lipinski definition) is 5. The van der Waals surface area contributed by atoms with Gasteiger partial charge < -0.3 is 19.9 Å². The molecule has 0 unspecified atom stereocenters. The molecule has 1 aromatic rings. The van der Waals surface area contributed by atoms with Crippen molar-refractivity contribution in [3.05, 3.63) is 35.4 Å². The standard InChI is InChI=1S/C21H33NO4/c1-20(2,3)26-19(23)9-6-15-25-16-10-17-7-4-5-8-18(17)21(24)11-13-22-14-12-21/h4-5,7-8,22,24H,6,9-16H2,1-3H3. The number of esters is 1. The molecule has 2 rings (SSSR count).